The maximum atomic E-state index is 11.0. The van der Waals surface area contributed by atoms with Crippen LogP contribution in [0, 0.1) is 0 Å². The Morgan fingerprint density at radius 2 is 0.815 bits per heavy atom. The molecule has 4 rings (SSSR count). The monoisotopic (exact) mass is 354 g/mol. The zero-order chi connectivity index (χ0) is 18.8. The highest BCUT2D eigenvalue weighted by atomic mass is 16.3. The summed E-state index contributed by atoms with van der Waals surface area (Å²) in [4.78, 5) is 0. The summed E-state index contributed by atoms with van der Waals surface area (Å²) in [5.74, 6) is 0.0948. The van der Waals surface area contributed by atoms with Crippen LogP contribution in [0.15, 0.2) is 108 Å². The van der Waals surface area contributed by atoms with Crippen LogP contribution in [0.2, 0.25) is 0 Å². The van der Waals surface area contributed by atoms with Gasteiger partial charge in [-0.25, -0.2) is 0 Å². The van der Waals surface area contributed by atoms with Crippen LogP contribution in [0.25, 0.3) is 17.3 Å². The number of allylic oxidation sites excluding steroid dienone is 15. The van der Waals surface area contributed by atoms with Crippen molar-refractivity contribution in [1.29, 1.82) is 0 Å². The second-order valence-corrected chi connectivity index (χ2v) is 6.29. The molecule has 0 fully saturated rings. The molecule has 3 aliphatic carbocycles. The Morgan fingerprint density at radius 3 is 1.19 bits per heavy atom. The molecule has 3 nitrogen and oxygen atoms in total. The van der Waals surface area contributed by atoms with Gasteiger partial charge in [0.25, 0.3) is 0 Å². The maximum absolute atomic E-state index is 11.0. The van der Waals surface area contributed by atoms with E-state index in [9.17, 15) is 15.3 Å². The first-order chi connectivity index (χ1) is 13.2. The van der Waals surface area contributed by atoms with Crippen LogP contribution in [0.3, 0.4) is 0 Å². The third kappa shape index (κ3) is 3.00. The highest BCUT2D eigenvalue weighted by molar-refractivity contribution is 5.88. The summed E-state index contributed by atoms with van der Waals surface area (Å²) in [5, 5.41) is 32.7. The number of aliphatic hydroxyl groups excluding tert-OH is 3. The van der Waals surface area contributed by atoms with Crippen molar-refractivity contribution in [3.05, 3.63) is 125 Å². The van der Waals surface area contributed by atoms with E-state index in [-0.39, 0.29) is 17.3 Å². The Balaban J connectivity index is 2.01. The summed E-state index contributed by atoms with van der Waals surface area (Å²) < 4.78 is 0. The van der Waals surface area contributed by atoms with Crippen LogP contribution < -0.4 is 0 Å². The van der Waals surface area contributed by atoms with Crippen LogP contribution in [0.5, 0.6) is 0 Å². The average Bonchev–Trinajstić information content (AvgIpc) is 3.47. The molecule has 0 saturated carbocycles. The molecule has 1 aromatic rings. The third-order valence-corrected chi connectivity index (χ3v) is 4.62. The molecule has 0 atom stereocenters. The maximum Gasteiger partial charge on any atom is 0.131 e. The van der Waals surface area contributed by atoms with Crippen molar-refractivity contribution in [2.45, 2.75) is 0 Å². The third-order valence-electron chi connectivity index (χ3n) is 4.62. The van der Waals surface area contributed by atoms with Crippen LogP contribution in [-0.4, -0.2) is 15.3 Å². The molecule has 0 aromatic heterocycles. The van der Waals surface area contributed by atoms with E-state index in [0.29, 0.717) is 33.4 Å². The summed E-state index contributed by atoms with van der Waals surface area (Å²) in [6, 6.07) is 5.22. The largest absolute Gasteiger partial charge is 0.507 e. The molecule has 0 unspecified atom stereocenters. The minimum Gasteiger partial charge on any atom is -0.507 e. The zero-order valence-corrected chi connectivity index (χ0v) is 14.5. The number of hydrogen-bond acceptors (Lipinski definition) is 3. The van der Waals surface area contributed by atoms with Gasteiger partial charge < -0.3 is 15.3 Å². The highest BCUT2D eigenvalue weighted by Gasteiger charge is 2.22. The fourth-order valence-electron chi connectivity index (χ4n) is 3.25. The Hall–Kier alpha value is -3.72. The molecule has 3 N–H and O–H groups in total. The Bertz CT molecular complexity index is 976. The molecule has 0 amide bonds. The fourth-order valence-corrected chi connectivity index (χ4v) is 3.25. The predicted octanol–water partition coefficient (Wildman–Crippen LogP) is 5.87. The lowest BCUT2D eigenvalue weighted by Gasteiger charge is -2.16. The van der Waals surface area contributed by atoms with Crippen molar-refractivity contribution in [1.82, 2.24) is 0 Å². The molecule has 0 radical (unpaired) electrons. The molecule has 1 aromatic carbocycles. The van der Waals surface area contributed by atoms with E-state index in [1.165, 1.54) is 0 Å². The molecule has 132 valence electrons. The fraction of sp³-hybridized carbons (Fsp3) is 0. The van der Waals surface area contributed by atoms with E-state index in [2.05, 4.69) is 0 Å². The SMILES string of the molecule is OC(=C1C=CC=C1)c1cccc(C(O)=C2C=CC=C2)c1C(O)=C1C=CC=C1. The summed E-state index contributed by atoms with van der Waals surface area (Å²) in [6.07, 6.45) is 21.8. The molecule has 27 heavy (non-hydrogen) atoms. The van der Waals surface area contributed by atoms with Crippen molar-refractivity contribution in [3.8, 4) is 0 Å². The van der Waals surface area contributed by atoms with E-state index in [4.69, 9.17) is 0 Å². The Labute approximate surface area is 157 Å². The smallest absolute Gasteiger partial charge is 0.131 e. The van der Waals surface area contributed by atoms with E-state index in [1.807, 2.05) is 36.5 Å². The molecule has 0 saturated heterocycles. The second kappa shape index (κ2) is 6.89. The lowest BCUT2D eigenvalue weighted by Crippen LogP contribution is -2.02. The standard InChI is InChI=1S/C24H18O3/c25-22(16-8-1-2-9-16)19-14-7-15-20(23(26)17-10-3-4-11-17)21(19)24(27)18-12-5-6-13-18/h1-15,25-27H. The van der Waals surface area contributed by atoms with Gasteiger partial charge in [-0.15, -0.1) is 0 Å². The van der Waals surface area contributed by atoms with Crippen LogP contribution in [0.1, 0.15) is 16.7 Å². The van der Waals surface area contributed by atoms with Gasteiger partial charge in [-0.05, 0) is 0 Å². The van der Waals surface area contributed by atoms with Crippen molar-refractivity contribution in [2.24, 2.45) is 0 Å². The number of aliphatic hydroxyl groups is 3. The summed E-state index contributed by atoms with van der Waals surface area (Å²) in [5.41, 5.74) is 3.22. The first-order valence-electron chi connectivity index (χ1n) is 8.65. The Kier molecular flexibility index (Phi) is 4.27. The van der Waals surface area contributed by atoms with Crippen LogP contribution in [-0.2, 0) is 0 Å². The van der Waals surface area contributed by atoms with Crippen molar-refractivity contribution >= 4 is 17.3 Å². The quantitative estimate of drug-likeness (QED) is 0.595. The number of benzene rings is 1. The summed E-state index contributed by atoms with van der Waals surface area (Å²) >= 11 is 0. The lowest BCUT2D eigenvalue weighted by atomic mass is 9.92. The highest BCUT2D eigenvalue weighted by Crippen LogP contribution is 2.36. The molecule has 3 aliphatic rings. The average molecular weight is 354 g/mol. The second-order valence-electron chi connectivity index (χ2n) is 6.29. The minimum absolute atomic E-state index is 0.00168. The summed E-state index contributed by atoms with van der Waals surface area (Å²) in [6.45, 7) is 0. The van der Waals surface area contributed by atoms with Crippen LogP contribution >= 0.6 is 0 Å². The minimum atomic E-state index is 0.00168. The topological polar surface area (TPSA) is 60.7 Å². The van der Waals surface area contributed by atoms with Gasteiger partial charge in [-0.2, -0.15) is 0 Å². The van der Waals surface area contributed by atoms with Gasteiger partial charge in [-0.1, -0.05) is 91.1 Å². The first-order valence-corrected chi connectivity index (χ1v) is 8.65. The van der Waals surface area contributed by atoms with Gasteiger partial charge in [0.1, 0.15) is 17.3 Å². The molecule has 0 aliphatic heterocycles. The predicted molar refractivity (Wildman–Crippen MR) is 110 cm³/mol. The number of rotatable bonds is 3. The van der Waals surface area contributed by atoms with Gasteiger partial charge in [0.2, 0.25) is 0 Å². The van der Waals surface area contributed by atoms with E-state index in [0.717, 1.165) is 0 Å². The van der Waals surface area contributed by atoms with Gasteiger partial charge in [0, 0.05) is 33.4 Å². The van der Waals surface area contributed by atoms with Crippen LogP contribution in [0.4, 0.5) is 0 Å². The molecule has 0 heterocycles. The van der Waals surface area contributed by atoms with E-state index < -0.39 is 0 Å². The van der Waals surface area contributed by atoms with Gasteiger partial charge in [0.05, 0.1) is 0 Å². The molecule has 3 heteroatoms. The lowest BCUT2D eigenvalue weighted by molar-refractivity contribution is 0.492. The summed E-state index contributed by atoms with van der Waals surface area (Å²) in [7, 11) is 0. The van der Waals surface area contributed by atoms with Crippen molar-refractivity contribution in [3.63, 3.8) is 0 Å². The molecular weight excluding hydrogens is 336 g/mol. The molecule has 0 spiro atoms. The van der Waals surface area contributed by atoms with Crippen molar-refractivity contribution < 1.29 is 15.3 Å². The molecular formula is C24H18O3. The molecule has 0 bridgehead atoms. The van der Waals surface area contributed by atoms with Gasteiger partial charge >= 0.3 is 0 Å². The Morgan fingerprint density at radius 1 is 0.481 bits per heavy atom. The van der Waals surface area contributed by atoms with Crippen molar-refractivity contribution in [2.75, 3.05) is 0 Å². The van der Waals surface area contributed by atoms with Gasteiger partial charge in [0.15, 0.2) is 0 Å². The van der Waals surface area contributed by atoms with E-state index in [1.54, 1.807) is 54.7 Å². The zero-order valence-electron chi connectivity index (χ0n) is 14.5. The number of hydrogen-bond donors (Lipinski definition) is 3. The first kappa shape index (κ1) is 16.7. The van der Waals surface area contributed by atoms with E-state index >= 15 is 0 Å². The normalized spacial score (nSPS) is 16.2. The van der Waals surface area contributed by atoms with Gasteiger partial charge in [-0.3, -0.25) is 0 Å².